The van der Waals surface area contributed by atoms with Gasteiger partial charge in [0, 0.05) is 19.6 Å². The van der Waals surface area contributed by atoms with Gasteiger partial charge in [-0.25, -0.2) is 0 Å². The molecule has 0 unspecified atom stereocenters. The summed E-state index contributed by atoms with van der Waals surface area (Å²) in [5, 5.41) is 5.94. The van der Waals surface area contributed by atoms with Gasteiger partial charge in [-0.2, -0.15) is 0 Å². The Morgan fingerprint density at radius 1 is 0.639 bits per heavy atom. The molecule has 4 aromatic rings. The zero-order valence-electron chi connectivity index (χ0n) is 20.7. The zero-order chi connectivity index (χ0) is 25.6. The van der Waals surface area contributed by atoms with E-state index in [0.29, 0.717) is 11.0 Å². The number of hydrogen-bond donors (Lipinski definition) is 1. The second kappa shape index (κ2) is 10.9. The highest BCUT2D eigenvalue weighted by atomic mass is 31.2. The summed E-state index contributed by atoms with van der Waals surface area (Å²) < 4.78 is 6.08. The smallest absolute Gasteiger partial charge is 0.252 e. The lowest BCUT2D eigenvalue weighted by Gasteiger charge is -2.34. The summed E-state index contributed by atoms with van der Waals surface area (Å²) in [5.41, 5.74) is -0.390. The van der Waals surface area contributed by atoms with Crippen LogP contribution >= 0.6 is 6.89 Å². The standard InChI is InChI=1S/C31H30NO3P/c1-31(2,32-29(34)24-16-8-4-9-17-24)28(33)30(35-3)36(25-18-10-5-11-19-25,26-20-12-6-13-21-26)27-22-14-7-15-23-27/h4-23H,1-3H3,(H,32,34). The van der Waals surface area contributed by atoms with Crippen molar-refractivity contribution in [3.05, 3.63) is 127 Å². The molecule has 4 rings (SSSR count). The minimum Gasteiger partial charge on any atom is -0.345 e. The number of hydrogen-bond acceptors (Lipinski definition) is 3. The number of nitrogens with one attached hydrogen (secondary N) is 1. The van der Waals surface area contributed by atoms with Crippen LogP contribution in [0.25, 0.3) is 0 Å². The maximum absolute atomic E-state index is 14.4. The fourth-order valence-corrected chi connectivity index (χ4v) is 8.72. The minimum atomic E-state index is -2.74. The number of benzene rings is 4. The van der Waals surface area contributed by atoms with Gasteiger partial charge in [-0.15, -0.1) is 0 Å². The van der Waals surface area contributed by atoms with Crippen LogP contribution in [0.2, 0.25) is 0 Å². The number of carbonyl (C=O) groups is 2. The summed E-state index contributed by atoms with van der Waals surface area (Å²) in [6.07, 6.45) is 0. The highest BCUT2D eigenvalue weighted by Gasteiger charge is 2.40. The average molecular weight is 496 g/mol. The van der Waals surface area contributed by atoms with Gasteiger partial charge in [0.15, 0.2) is 0 Å². The molecule has 4 aromatic carbocycles. The molecule has 4 nitrogen and oxygen atoms in total. The molecule has 0 spiro atoms. The van der Waals surface area contributed by atoms with Gasteiger partial charge < -0.3 is 10.1 Å². The second-order valence-corrected chi connectivity index (χ2v) is 12.3. The first-order chi connectivity index (χ1) is 17.4. The first kappa shape index (κ1) is 25.4. The molecule has 0 heterocycles. The van der Waals surface area contributed by atoms with Crippen LogP contribution in [0.15, 0.2) is 121 Å². The molecule has 36 heavy (non-hydrogen) atoms. The molecule has 0 saturated carbocycles. The van der Waals surface area contributed by atoms with Crippen molar-refractivity contribution in [3.8, 4) is 0 Å². The van der Waals surface area contributed by atoms with Gasteiger partial charge in [0.1, 0.15) is 11.0 Å². The number of Topliss-reactive ketones (excluding diaryl/α,β-unsaturated/α-hetero) is 1. The Morgan fingerprint density at radius 2 is 1.00 bits per heavy atom. The Balaban J connectivity index is 2.00. The van der Waals surface area contributed by atoms with E-state index in [1.165, 1.54) is 0 Å². The maximum atomic E-state index is 14.4. The Kier molecular flexibility index (Phi) is 7.69. The van der Waals surface area contributed by atoms with Crippen molar-refractivity contribution in [1.29, 1.82) is 0 Å². The molecule has 1 amide bonds. The summed E-state index contributed by atoms with van der Waals surface area (Å²) in [6.45, 7) is 0.716. The highest BCUT2D eigenvalue weighted by Crippen LogP contribution is 2.47. The first-order valence-corrected chi connectivity index (χ1v) is 13.6. The number of ether oxygens (including phenoxy) is 1. The van der Waals surface area contributed by atoms with Gasteiger partial charge in [-0.1, -0.05) is 109 Å². The van der Waals surface area contributed by atoms with E-state index in [9.17, 15) is 9.59 Å². The van der Waals surface area contributed by atoms with E-state index < -0.39 is 12.4 Å². The normalized spacial score (nSPS) is 11.5. The summed E-state index contributed by atoms with van der Waals surface area (Å²) in [4.78, 5) is 27.4. The lowest BCUT2D eigenvalue weighted by Crippen LogP contribution is -2.54. The van der Waals surface area contributed by atoms with E-state index in [1.807, 2.05) is 60.7 Å². The molecule has 0 fully saturated rings. The van der Waals surface area contributed by atoms with Crippen molar-refractivity contribution in [2.24, 2.45) is 0 Å². The Morgan fingerprint density at radius 3 is 1.36 bits per heavy atom. The third kappa shape index (κ3) is 4.83. The predicted octanol–water partition coefficient (Wildman–Crippen LogP) is 4.53. The van der Waals surface area contributed by atoms with Crippen molar-refractivity contribution in [1.82, 2.24) is 5.32 Å². The molecular weight excluding hydrogens is 465 g/mol. The molecule has 5 heteroatoms. The van der Waals surface area contributed by atoms with E-state index in [-0.39, 0.29) is 11.7 Å². The quantitative estimate of drug-likeness (QED) is 0.366. The number of rotatable bonds is 8. The number of carbonyl (C=O) groups excluding carboxylic acids is 2. The molecular formula is C31H30NO3P. The van der Waals surface area contributed by atoms with E-state index in [1.54, 1.807) is 45.2 Å². The fraction of sp³-hybridized carbons (Fsp3) is 0.129. The number of ketones is 1. The van der Waals surface area contributed by atoms with Crippen molar-refractivity contribution in [2.75, 3.05) is 7.11 Å². The van der Waals surface area contributed by atoms with Crippen molar-refractivity contribution < 1.29 is 14.3 Å². The van der Waals surface area contributed by atoms with Crippen LogP contribution in [-0.4, -0.2) is 29.8 Å². The van der Waals surface area contributed by atoms with E-state index in [0.717, 1.165) is 15.9 Å². The van der Waals surface area contributed by atoms with Crippen LogP contribution in [0.1, 0.15) is 24.2 Å². The van der Waals surface area contributed by atoms with Crippen molar-refractivity contribution in [3.63, 3.8) is 0 Å². The molecule has 0 aliphatic heterocycles. The predicted molar refractivity (Wildman–Crippen MR) is 150 cm³/mol. The lowest BCUT2D eigenvalue weighted by molar-refractivity contribution is -0.118. The lowest BCUT2D eigenvalue weighted by atomic mass is 9.99. The fourth-order valence-electron chi connectivity index (χ4n) is 4.41. The van der Waals surface area contributed by atoms with Gasteiger partial charge >= 0.3 is 0 Å². The summed E-state index contributed by atoms with van der Waals surface area (Å²) in [5.74, 6) is -0.577. The number of methoxy groups -OCH3 is 1. The first-order valence-electron chi connectivity index (χ1n) is 11.8. The van der Waals surface area contributed by atoms with Crippen LogP contribution < -0.4 is 21.2 Å². The highest BCUT2D eigenvalue weighted by molar-refractivity contribution is 7.96. The Hall–Kier alpha value is -3.72. The van der Waals surface area contributed by atoms with Gasteiger partial charge in [0.25, 0.3) is 5.91 Å². The van der Waals surface area contributed by atoms with E-state index >= 15 is 0 Å². The molecule has 0 bridgehead atoms. The van der Waals surface area contributed by atoms with Crippen molar-refractivity contribution >= 4 is 40.0 Å². The largest absolute Gasteiger partial charge is 0.345 e. The minimum absolute atomic E-state index is 0.265. The SMILES string of the molecule is COC(C(=O)C(C)(C)NC(=O)c1ccccc1)=P(c1ccccc1)(c1ccccc1)c1ccccc1. The van der Waals surface area contributed by atoms with Crippen LogP contribution in [0, 0.1) is 0 Å². The van der Waals surface area contributed by atoms with Gasteiger partial charge in [-0.3, -0.25) is 9.59 Å². The molecule has 182 valence electrons. The third-order valence-electron chi connectivity index (χ3n) is 6.15. The van der Waals surface area contributed by atoms with Gasteiger partial charge in [-0.05, 0) is 41.9 Å². The molecule has 0 aliphatic carbocycles. The molecule has 0 radical (unpaired) electrons. The Labute approximate surface area is 212 Å². The molecule has 0 aliphatic rings. The summed E-state index contributed by atoms with van der Waals surface area (Å²) in [6, 6.07) is 39.0. The number of amides is 1. The van der Waals surface area contributed by atoms with Crippen LogP contribution in [0.5, 0.6) is 0 Å². The molecule has 1 N–H and O–H groups in total. The van der Waals surface area contributed by atoms with Crippen molar-refractivity contribution in [2.45, 2.75) is 19.4 Å². The second-order valence-electron chi connectivity index (χ2n) is 8.96. The van der Waals surface area contributed by atoms with Crippen LogP contribution in [0.3, 0.4) is 0 Å². The molecule has 0 aromatic heterocycles. The van der Waals surface area contributed by atoms with Gasteiger partial charge in [0.2, 0.25) is 5.78 Å². The van der Waals surface area contributed by atoms with E-state index in [2.05, 4.69) is 41.7 Å². The average Bonchev–Trinajstić information content (AvgIpc) is 2.93. The summed E-state index contributed by atoms with van der Waals surface area (Å²) in [7, 11) is 1.55. The van der Waals surface area contributed by atoms with Gasteiger partial charge in [0.05, 0.1) is 0 Å². The molecule has 0 saturated heterocycles. The van der Waals surface area contributed by atoms with Crippen LogP contribution in [0.4, 0.5) is 0 Å². The zero-order valence-corrected chi connectivity index (χ0v) is 21.6. The monoisotopic (exact) mass is 495 g/mol. The topological polar surface area (TPSA) is 55.4 Å². The molecule has 0 atom stereocenters. The summed E-state index contributed by atoms with van der Waals surface area (Å²) >= 11 is 0. The Bertz CT molecular complexity index is 1280. The van der Waals surface area contributed by atoms with E-state index in [4.69, 9.17) is 4.74 Å². The van der Waals surface area contributed by atoms with Crippen LogP contribution in [-0.2, 0) is 9.53 Å². The third-order valence-corrected chi connectivity index (χ3v) is 10.4. The maximum Gasteiger partial charge on any atom is 0.252 e.